The van der Waals surface area contributed by atoms with E-state index in [0.717, 1.165) is 12.8 Å². The molecule has 1 aliphatic rings. The lowest BCUT2D eigenvalue weighted by Crippen LogP contribution is -2.50. The first-order valence-corrected chi connectivity index (χ1v) is 6.05. The fourth-order valence-electron chi connectivity index (χ4n) is 1.82. The van der Waals surface area contributed by atoms with Crippen molar-refractivity contribution in [1.29, 1.82) is 0 Å². The zero-order valence-corrected chi connectivity index (χ0v) is 10.6. The van der Waals surface area contributed by atoms with Gasteiger partial charge in [-0.25, -0.2) is 0 Å². The third-order valence-corrected chi connectivity index (χ3v) is 3.30. The van der Waals surface area contributed by atoms with Crippen LogP contribution in [0, 0.1) is 5.92 Å². The Bertz CT molecular complexity index is 418. The van der Waals surface area contributed by atoms with Gasteiger partial charge in [0.25, 0.3) is 0 Å². The Morgan fingerprint density at radius 3 is 2.76 bits per heavy atom. The van der Waals surface area contributed by atoms with Gasteiger partial charge in [0.2, 0.25) is 5.91 Å². The molecule has 1 unspecified atom stereocenters. The molecule has 1 aromatic heterocycles. The van der Waals surface area contributed by atoms with Crippen molar-refractivity contribution in [3.8, 4) is 0 Å². The minimum absolute atomic E-state index is 0.122. The van der Waals surface area contributed by atoms with Crippen molar-refractivity contribution in [3.05, 3.63) is 12.4 Å². The predicted molar refractivity (Wildman–Crippen MR) is 66.6 cm³/mol. The first-order chi connectivity index (χ1) is 7.91. The quantitative estimate of drug-likeness (QED) is 0.832. The number of nitrogens with zero attached hydrogens (tertiary/aromatic N) is 2. The average molecular weight is 236 g/mol. The van der Waals surface area contributed by atoms with Crippen LogP contribution in [-0.2, 0) is 4.79 Å². The smallest absolute Gasteiger partial charge is 0.244 e. The van der Waals surface area contributed by atoms with Crippen LogP contribution in [0.5, 0.6) is 0 Å². The second-order valence-electron chi connectivity index (χ2n) is 5.31. The zero-order valence-electron chi connectivity index (χ0n) is 10.6. The van der Waals surface area contributed by atoms with Gasteiger partial charge in [-0.2, -0.15) is 5.10 Å². The molecule has 1 aromatic rings. The number of rotatable bonds is 4. The Balaban J connectivity index is 2.02. The van der Waals surface area contributed by atoms with Crippen molar-refractivity contribution in [1.82, 2.24) is 9.78 Å². The summed E-state index contributed by atoms with van der Waals surface area (Å²) in [5, 5.41) is 7.00. The highest BCUT2D eigenvalue weighted by Gasteiger charge is 2.44. The summed E-state index contributed by atoms with van der Waals surface area (Å²) < 4.78 is 1.81. The second kappa shape index (κ2) is 4.14. The minimum atomic E-state index is -0.764. The van der Waals surface area contributed by atoms with Crippen LogP contribution in [0.4, 0.5) is 5.69 Å². The van der Waals surface area contributed by atoms with E-state index >= 15 is 0 Å². The molecule has 0 aliphatic heterocycles. The summed E-state index contributed by atoms with van der Waals surface area (Å²) in [6.45, 7) is 5.87. The Hall–Kier alpha value is -1.36. The molecule has 0 aromatic carbocycles. The van der Waals surface area contributed by atoms with Crippen LogP contribution in [0.2, 0.25) is 0 Å². The van der Waals surface area contributed by atoms with E-state index in [0.29, 0.717) is 11.6 Å². The Kier molecular flexibility index (Phi) is 2.95. The number of nitrogens with one attached hydrogen (secondary N) is 1. The summed E-state index contributed by atoms with van der Waals surface area (Å²) in [5.41, 5.74) is 5.99. The molecule has 0 bridgehead atoms. The molecule has 1 fully saturated rings. The number of nitrogens with two attached hydrogens (primary N) is 1. The van der Waals surface area contributed by atoms with Crippen molar-refractivity contribution in [2.75, 3.05) is 5.32 Å². The number of anilines is 1. The van der Waals surface area contributed by atoms with Crippen LogP contribution >= 0.6 is 0 Å². The highest BCUT2D eigenvalue weighted by molar-refractivity contribution is 5.97. The summed E-state index contributed by atoms with van der Waals surface area (Å²) in [5.74, 6) is 0.200. The van der Waals surface area contributed by atoms with E-state index in [1.54, 1.807) is 17.8 Å². The molecule has 1 heterocycles. The molecule has 17 heavy (non-hydrogen) atoms. The van der Waals surface area contributed by atoms with Crippen molar-refractivity contribution in [2.24, 2.45) is 11.7 Å². The lowest BCUT2D eigenvalue weighted by Gasteiger charge is -2.22. The van der Waals surface area contributed by atoms with Gasteiger partial charge in [-0.1, -0.05) is 0 Å². The molecule has 1 aliphatic carbocycles. The van der Waals surface area contributed by atoms with Crippen molar-refractivity contribution >= 4 is 11.6 Å². The van der Waals surface area contributed by atoms with Crippen molar-refractivity contribution in [2.45, 2.75) is 45.2 Å². The van der Waals surface area contributed by atoms with Crippen LogP contribution in [0.1, 0.15) is 39.7 Å². The van der Waals surface area contributed by atoms with E-state index < -0.39 is 5.54 Å². The summed E-state index contributed by atoms with van der Waals surface area (Å²) in [6, 6.07) is 0.286. The standard InChI is InChI=1S/C12H20N4O/c1-8(2)16-7-10(6-14-16)15-11(17)12(3,13)9-4-5-9/h6-9H,4-5,13H2,1-3H3,(H,15,17). The van der Waals surface area contributed by atoms with Crippen LogP contribution in [-0.4, -0.2) is 21.2 Å². The number of hydrogen-bond donors (Lipinski definition) is 2. The molecular weight excluding hydrogens is 216 g/mol. The molecule has 94 valence electrons. The van der Waals surface area contributed by atoms with Gasteiger partial charge in [0.05, 0.1) is 17.4 Å². The monoisotopic (exact) mass is 236 g/mol. The van der Waals surface area contributed by atoms with Crippen LogP contribution in [0.3, 0.4) is 0 Å². The van der Waals surface area contributed by atoms with E-state index in [4.69, 9.17) is 5.73 Å². The zero-order chi connectivity index (χ0) is 12.6. The van der Waals surface area contributed by atoms with Gasteiger partial charge >= 0.3 is 0 Å². The predicted octanol–water partition coefficient (Wildman–Crippen LogP) is 1.53. The molecule has 0 radical (unpaired) electrons. The maximum absolute atomic E-state index is 12.0. The van der Waals surface area contributed by atoms with Crippen LogP contribution in [0.15, 0.2) is 12.4 Å². The Morgan fingerprint density at radius 2 is 2.29 bits per heavy atom. The van der Waals surface area contributed by atoms with Crippen LogP contribution in [0.25, 0.3) is 0 Å². The molecular formula is C12H20N4O. The molecule has 5 heteroatoms. The number of aromatic nitrogens is 2. The Labute approximate surface area is 101 Å². The lowest BCUT2D eigenvalue weighted by molar-refractivity contribution is -0.121. The largest absolute Gasteiger partial charge is 0.322 e. The molecule has 1 amide bonds. The topological polar surface area (TPSA) is 72.9 Å². The van der Waals surface area contributed by atoms with E-state index in [2.05, 4.69) is 10.4 Å². The number of carbonyl (C=O) groups is 1. The second-order valence-corrected chi connectivity index (χ2v) is 5.31. The lowest BCUT2D eigenvalue weighted by atomic mass is 9.96. The third-order valence-electron chi connectivity index (χ3n) is 3.30. The van der Waals surface area contributed by atoms with Gasteiger partial charge in [-0.15, -0.1) is 0 Å². The van der Waals surface area contributed by atoms with Gasteiger partial charge in [-0.05, 0) is 39.5 Å². The molecule has 1 saturated carbocycles. The highest BCUT2D eigenvalue weighted by Crippen LogP contribution is 2.38. The molecule has 0 spiro atoms. The number of hydrogen-bond acceptors (Lipinski definition) is 3. The minimum Gasteiger partial charge on any atom is -0.322 e. The molecule has 0 saturated heterocycles. The third kappa shape index (κ3) is 2.49. The average Bonchev–Trinajstić information content (AvgIpc) is 3.00. The van der Waals surface area contributed by atoms with Gasteiger partial charge in [0.1, 0.15) is 0 Å². The number of amides is 1. The maximum Gasteiger partial charge on any atom is 0.244 e. The van der Waals surface area contributed by atoms with E-state index in [9.17, 15) is 4.79 Å². The van der Waals surface area contributed by atoms with E-state index in [1.807, 2.05) is 20.0 Å². The summed E-state index contributed by atoms with van der Waals surface area (Å²) >= 11 is 0. The highest BCUT2D eigenvalue weighted by atomic mass is 16.2. The van der Waals surface area contributed by atoms with E-state index in [1.165, 1.54) is 0 Å². The van der Waals surface area contributed by atoms with Gasteiger partial charge in [0.15, 0.2) is 0 Å². The normalized spacial score (nSPS) is 19.1. The SMILES string of the molecule is CC(C)n1cc(NC(=O)C(C)(N)C2CC2)cn1. The van der Waals surface area contributed by atoms with E-state index in [-0.39, 0.29) is 11.9 Å². The fourth-order valence-corrected chi connectivity index (χ4v) is 1.82. The van der Waals surface area contributed by atoms with Crippen molar-refractivity contribution in [3.63, 3.8) is 0 Å². The fraction of sp³-hybridized carbons (Fsp3) is 0.667. The van der Waals surface area contributed by atoms with Gasteiger partial charge < -0.3 is 11.1 Å². The maximum atomic E-state index is 12.0. The molecule has 5 nitrogen and oxygen atoms in total. The molecule has 2 rings (SSSR count). The first-order valence-electron chi connectivity index (χ1n) is 6.05. The van der Waals surface area contributed by atoms with Crippen molar-refractivity contribution < 1.29 is 4.79 Å². The molecule has 1 atom stereocenters. The van der Waals surface area contributed by atoms with Gasteiger partial charge in [-0.3, -0.25) is 9.48 Å². The van der Waals surface area contributed by atoms with Gasteiger partial charge in [0, 0.05) is 12.2 Å². The Morgan fingerprint density at radius 1 is 1.65 bits per heavy atom. The molecule has 3 N–H and O–H groups in total. The van der Waals surface area contributed by atoms with Crippen LogP contribution < -0.4 is 11.1 Å². The summed E-state index contributed by atoms with van der Waals surface area (Å²) in [4.78, 5) is 12.0. The number of carbonyl (C=O) groups excluding carboxylic acids is 1. The summed E-state index contributed by atoms with van der Waals surface area (Å²) in [7, 11) is 0. The summed E-state index contributed by atoms with van der Waals surface area (Å²) in [6.07, 6.45) is 5.57. The first kappa shape index (κ1) is 12.1.